The van der Waals surface area contributed by atoms with Crippen molar-refractivity contribution < 1.29 is 13.2 Å². The van der Waals surface area contributed by atoms with Gasteiger partial charge >= 0.3 is 0 Å². The third kappa shape index (κ3) is 4.91. The molecule has 2 rings (SSSR count). The first-order chi connectivity index (χ1) is 13.2. The maximum absolute atomic E-state index is 12.8. The zero-order chi connectivity index (χ0) is 20.9. The molecule has 0 saturated carbocycles. The Morgan fingerprint density at radius 2 is 1.68 bits per heavy atom. The number of anilines is 2. The van der Waals surface area contributed by atoms with Gasteiger partial charge in [-0.05, 0) is 36.2 Å². The van der Waals surface area contributed by atoms with Gasteiger partial charge in [0.05, 0.1) is 22.7 Å². The van der Waals surface area contributed by atoms with E-state index >= 15 is 0 Å². The van der Waals surface area contributed by atoms with E-state index in [4.69, 9.17) is 0 Å². The van der Waals surface area contributed by atoms with E-state index in [0.717, 1.165) is 16.8 Å². The molecule has 2 aromatic rings. The second-order valence-corrected chi connectivity index (χ2v) is 8.75. The predicted octanol–water partition coefficient (Wildman–Crippen LogP) is 3.27. The SMILES string of the molecule is CCN(CC)S(=O)(=O)c1ccc(N(C)C)c(NC(=O)Cc2ccccc2C)c1. The van der Waals surface area contributed by atoms with Gasteiger partial charge in [0.15, 0.2) is 0 Å². The Morgan fingerprint density at radius 3 is 2.25 bits per heavy atom. The van der Waals surface area contributed by atoms with E-state index in [1.165, 1.54) is 4.31 Å². The van der Waals surface area contributed by atoms with Crippen molar-refractivity contribution in [2.45, 2.75) is 32.1 Å². The monoisotopic (exact) mass is 403 g/mol. The standard InChI is InChI=1S/C21H29N3O3S/c1-6-24(7-2)28(26,27)18-12-13-20(23(4)5)19(15-18)22-21(25)14-17-11-9-8-10-16(17)3/h8-13,15H,6-7,14H2,1-5H3,(H,22,25). The largest absolute Gasteiger partial charge is 0.376 e. The lowest BCUT2D eigenvalue weighted by molar-refractivity contribution is -0.115. The van der Waals surface area contributed by atoms with Crippen LogP contribution in [0.15, 0.2) is 47.4 Å². The third-order valence-electron chi connectivity index (χ3n) is 4.68. The van der Waals surface area contributed by atoms with Crippen LogP contribution >= 0.6 is 0 Å². The molecule has 0 radical (unpaired) electrons. The lowest BCUT2D eigenvalue weighted by Crippen LogP contribution is -2.30. The molecule has 0 fully saturated rings. The molecule has 0 saturated heterocycles. The molecule has 6 nitrogen and oxygen atoms in total. The van der Waals surface area contributed by atoms with Crippen LogP contribution in [0.2, 0.25) is 0 Å². The highest BCUT2D eigenvalue weighted by Crippen LogP contribution is 2.29. The van der Waals surface area contributed by atoms with Crippen LogP contribution in [-0.2, 0) is 21.2 Å². The highest BCUT2D eigenvalue weighted by atomic mass is 32.2. The highest BCUT2D eigenvalue weighted by Gasteiger charge is 2.23. The minimum absolute atomic E-state index is 0.174. The zero-order valence-electron chi connectivity index (χ0n) is 17.2. The van der Waals surface area contributed by atoms with Crippen LogP contribution in [0.3, 0.4) is 0 Å². The predicted molar refractivity (Wildman–Crippen MR) is 114 cm³/mol. The second kappa shape index (κ2) is 9.21. The van der Waals surface area contributed by atoms with Gasteiger partial charge in [0.1, 0.15) is 0 Å². The molecule has 0 aliphatic heterocycles. The fourth-order valence-electron chi connectivity index (χ4n) is 3.05. The number of aryl methyl sites for hydroxylation is 1. The summed E-state index contributed by atoms with van der Waals surface area (Å²) in [6.07, 6.45) is 0.229. The number of benzene rings is 2. The Labute approximate surface area is 168 Å². The van der Waals surface area contributed by atoms with E-state index in [-0.39, 0.29) is 17.2 Å². The van der Waals surface area contributed by atoms with E-state index in [1.54, 1.807) is 32.0 Å². The van der Waals surface area contributed by atoms with Crippen molar-refractivity contribution in [3.8, 4) is 0 Å². The smallest absolute Gasteiger partial charge is 0.243 e. The van der Waals surface area contributed by atoms with Gasteiger partial charge in [0, 0.05) is 27.2 Å². The number of sulfonamides is 1. The van der Waals surface area contributed by atoms with Crippen LogP contribution in [0, 0.1) is 6.92 Å². The maximum Gasteiger partial charge on any atom is 0.243 e. The number of rotatable bonds is 8. The molecule has 0 aliphatic rings. The van der Waals surface area contributed by atoms with Gasteiger partial charge in [-0.3, -0.25) is 4.79 Å². The number of carbonyl (C=O) groups is 1. The van der Waals surface area contributed by atoms with Crippen molar-refractivity contribution in [2.75, 3.05) is 37.4 Å². The van der Waals surface area contributed by atoms with Gasteiger partial charge in [0.2, 0.25) is 15.9 Å². The van der Waals surface area contributed by atoms with Gasteiger partial charge in [-0.2, -0.15) is 4.31 Å². The molecular formula is C21H29N3O3S. The van der Waals surface area contributed by atoms with Gasteiger partial charge in [-0.15, -0.1) is 0 Å². The summed E-state index contributed by atoms with van der Waals surface area (Å²) in [4.78, 5) is 14.6. The molecule has 0 unspecified atom stereocenters. The first-order valence-corrected chi connectivity index (χ1v) is 10.8. The van der Waals surface area contributed by atoms with Gasteiger partial charge in [-0.25, -0.2) is 8.42 Å². The molecule has 0 heterocycles. The first kappa shape index (κ1) is 21.9. The molecular weight excluding hydrogens is 374 g/mol. The summed E-state index contributed by atoms with van der Waals surface area (Å²) in [5.41, 5.74) is 3.22. The molecule has 2 aromatic carbocycles. The number of hydrogen-bond acceptors (Lipinski definition) is 4. The number of amides is 1. The van der Waals surface area contributed by atoms with Crippen LogP contribution in [-0.4, -0.2) is 45.8 Å². The quantitative estimate of drug-likeness (QED) is 0.734. The molecule has 152 valence electrons. The second-order valence-electron chi connectivity index (χ2n) is 6.81. The Balaban J connectivity index is 2.36. The van der Waals surface area contributed by atoms with Crippen molar-refractivity contribution in [3.05, 3.63) is 53.6 Å². The van der Waals surface area contributed by atoms with E-state index in [0.29, 0.717) is 18.8 Å². The highest BCUT2D eigenvalue weighted by molar-refractivity contribution is 7.89. The molecule has 1 amide bonds. The number of nitrogens with zero attached hydrogens (tertiary/aromatic N) is 2. The average Bonchev–Trinajstić information content (AvgIpc) is 2.64. The van der Waals surface area contributed by atoms with E-state index in [9.17, 15) is 13.2 Å². The summed E-state index contributed by atoms with van der Waals surface area (Å²) in [7, 11) is 0.100. The Hall–Kier alpha value is -2.38. The minimum atomic E-state index is -3.60. The van der Waals surface area contributed by atoms with Gasteiger partial charge in [0.25, 0.3) is 0 Å². The normalized spacial score (nSPS) is 11.5. The molecule has 0 spiro atoms. The average molecular weight is 404 g/mol. The minimum Gasteiger partial charge on any atom is -0.376 e. The third-order valence-corrected chi connectivity index (χ3v) is 6.73. The Morgan fingerprint density at radius 1 is 1.04 bits per heavy atom. The summed E-state index contributed by atoms with van der Waals surface area (Å²) in [6, 6.07) is 12.6. The fraction of sp³-hybridized carbons (Fsp3) is 0.381. The van der Waals surface area contributed by atoms with Crippen LogP contribution in [0.4, 0.5) is 11.4 Å². The zero-order valence-corrected chi connectivity index (χ0v) is 18.0. The maximum atomic E-state index is 12.8. The van der Waals surface area contributed by atoms with Crippen molar-refractivity contribution in [1.82, 2.24) is 4.31 Å². The lowest BCUT2D eigenvalue weighted by Gasteiger charge is -2.22. The van der Waals surface area contributed by atoms with Crippen LogP contribution in [0.1, 0.15) is 25.0 Å². The summed E-state index contributed by atoms with van der Waals surface area (Å²) in [5, 5.41) is 2.89. The molecule has 0 aliphatic carbocycles. The lowest BCUT2D eigenvalue weighted by atomic mass is 10.1. The molecule has 0 aromatic heterocycles. The Kier molecular flexibility index (Phi) is 7.21. The fourth-order valence-corrected chi connectivity index (χ4v) is 4.54. The summed E-state index contributed by atoms with van der Waals surface area (Å²) < 4.78 is 27.1. The molecule has 7 heteroatoms. The topological polar surface area (TPSA) is 69.7 Å². The van der Waals surface area contributed by atoms with E-state index in [2.05, 4.69) is 5.32 Å². The van der Waals surface area contributed by atoms with Crippen molar-refractivity contribution in [3.63, 3.8) is 0 Å². The number of carbonyl (C=O) groups excluding carboxylic acids is 1. The van der Waals surface area contributed by atoms with E-state index in [1.807, 2.05) is 50.2 Å². The molecule has 0 bridgehead atoms. The van der Waals surface area contributed by atoms with Crippen LogP contribution in [0.5, 0.6) is 0 Å². The molecule has 1 N–H and O–H groups in total. The first-order valence-electron chi connectivity index (χ1n) is 9.36. The Bertz CT molecular complexity index is 936. The molecule has 0 atom stereocenters. The summed E-state index contributed by atoms with van der Waals surface area (Å²) in [6.45, 7) is 6.36. The summed E-state index contributed by atoms with van der Waals surface area (Å²) in [5.74, 6) is -0.185. The van der Waals surface area contributed by atoms with Gasteiger partial charge < -0.3 is 10.2 Å². The summed E-state index contributed by atoms with van der Waals surface area (Å²) >= 11 is 0. The number of hydrogen-bond donors (Lipinski definition) is 1. The van der Waals surface area contributed by atoms with Gasteiger partial charge in [-0.1, -0.05) is 38.1 Å². The van der Waals surface area contributed by atoms with Crippen LogP contribution in [0.25, 0.3) is 0 Å². The van der Waals surface area contributed by atoms with E-state index < -0.39 is 10.0 Å². The molecule has 28 heavy (non-hydrogen) atoms. The number of nitrogens with one attached hydrogen (secondary N) is 1. The van der Waals surface area contributed by atoms with Crippen LogP contribution < -0.4 is 10.2 Å². The van der Waals surface area contributed by atoms with Crippen molar-refractivity contribution >= 4 is 27.3 Å². The van der Waals surface area contributed by atoms with Crippen molar-refractivity contribution in [1.29, 1.82) is 0 Å². The van der Waals surface area contributed by atoms with Crippen molar-refractivity contribution in [2.24, 2.45) is 0 Å².